The Morgan fingerprint density at radius 2 is 1.07 bits per heavy atom. The molecule has 86 valence electrons. The average Bonchev–Trinajstić information content (AvgIpc) is 2.18. The summed E-state index contributed by atoms with van der Waals surface area (Å²) in [6.07, 6.45) is 0. The fraction of sp³-hybridized carbons (Fsp3) is 1.00. The maximum absolute atomic E-state index is 2.69. The van der Waals surface area contributed by atoms with Crippen molar-refractivity contribution in [1.29, 1.82) is 0 Å². The molecule has 0 saturated heterocycles. The lowest BCUT2D eigenvalue weighted by Crippen LogP contribution is -2.54. The van der Waals surface area contributed by atoms with Gasteiger partial charge in [-0.25, -0.2) is 0 Å². The van der Waals surface area contributed by atoms with E-state index >= 15 is 0 Å². The van der Waals surface area contributed by atoms with E-state index in [4.69, 9.17) is 0 Å². The van der Waals surface area contributed by atoms with Gasteiger partial charge in [-0.2, -0.15) is 0 Å². The van der Waals surface area contributed by atoms with E-state index in [9.17, 15) is 0 Å². The third kappa shape index (κ3) is 3.71. The van der Waals surface area contributed by atoms with Gasteiger partial charge in [0.25, 0.3) is 0 Å². The Hall–Kier alpha value is 0.137. The predicted octanol–water partition coefficient (Wildman–Crippen LogP) is 2.30. The molecule has 0 aromatic rings. The lowest BCUT2D eigenvalue weighted by molar-refractivity contribution is 0.368. The van der Waals surface area contributed by atoms with E-state index in [2.05, 4.69) is 50.7 Å². The standard InChI is InChI=1S/C11H28N2Si/c1-7-12(8-2)14(11(5)6)13(9-3)10-4/h11,14H,7-10H2,1-6H3. The van der Waals surface area contributed by atoms with E-state index in [-0.39, 0.29) is 0 Å². The molecule has 0 amide bonds. The zero-order valence-electron chi connectivity index (χ0n) is 10.9. The Morgan fingerprint density at radius 3 is 1.21 bits per heavy atom. The van der Waals surface area contributed by atoms with E-state index in [0.717, 1.165) is 5.54 Å². The SMILES string of the molecule is CCN(CC)[SiH](C(C)C)N(CC)CC. The number of rotatable bonds is 7. The van der Waals surface area contributed by atoms with Gasteiger partial charge < -0.3 is 9.13 Å². The van der Waals surface area contributed by atoms with Crippen molar-refractivity contribution in [3.05, 3.63) is 0 Å². The smallest absolute Gasteiger partial charge is 0.192 e. The van der Waals surface area contributed by atoms with Gasteiger partial charge in [-0.3, -0.25) is 0 Å². The van der Waals surface area contributed by atoms with E-state index < -0.39 is 9.12 Å². The van der Waals surface area contributed by atoms with Crippen LogP contribution in [0.1, 0.15) is 41.5 Å². The van der Waals surface area contributed by atoms with Crippen molar-refractivity contribution in [3.8, 4) is 0 Å². The van der Waals surface area contributed by atoms with Crippen molar-refractivity contribution in [3.63, 3.8) is 0 Å². The Bertz CT molecular complexity index is 119. The van der Waals surface area contributed by atoms with Crippen molar-refractivity contribution in [2.45, 2.75) is 47.1 Å². The molecule has 0 bridgehead atoms. The summed E-state index contributed by atoms with van der Waals surface area (Å²) in [6, 6.07) is 0. The Labute approximate surface area is 92.0 Å². The highest BCUT2D eigenvalue weighted by molar-refractivity contribution is 6.54. The fourth-order valence-corrected chi connectivity index (χ4v) is 5.91. The highest BCUT2D eigenvalue weighted by Gasteiger charge is 2.26. The van der Waals surface area contributed by atoms with E-state index in [1.807, 2.05) is 0 Å². The van der Waals surface area contributed by atoms with Crippen LogP contribution in [0.4, 0.5) is 0 Å². The van der Waals surface area contributed by atoms with Crippen LogP contribution in [0.2, 0.25) is 5.54 Å². The first-order valence-electron chi connectivity index (χ1n) is 6.10. The molecule has 0 atom stereocenters. The number of nitrogens with zero attached hydrogens (tertiary/aromatic N) is 2. The third-order valence-electron chi connectivity index (χ3n) is 2.97. The van der Waals surface area contributed by atoms with Crippen molar-refractivity contribution < 1.29 is 0 Å². The highest BCUT2D eigenvalue weighted by Crippen LogP contribution is 2.15. The molecule has 0 aliphatic heterocycles. The van der Waals surface area contributed by atoms with Gasteiger partial charge in [-0.1, -0.05) is 41.5 Å². The summed E-state index contributed by atoms with van der Waals surface area (Å²) in [5.41, 5.74) is 0.842. The largest absolute Gasteiger partial charge is 0.314 e. The quantitative estimate of drug-likeness (QED) is 0.603. The van der Waals surface area contributed by atoms with E-state index in [1.54, 1.807) is 0 Å². The van der Waals surface area contributed by atoms with Gasteiger partial charge in [0.15, 0.2) is 9.12 Å². The predicted molar refractivity (Wildman–Crippen MR) is 68.1 cm³/mol. The summed E-state index contributed by atoms with van der Waals surface area (Å²) >= 11 is 0. The van der Waals surface area contributed by atoms with Gasteiger partial charge in [0.05, 0.1) is 0 Å². The summed E-state index contributed by atoms with van der Waals surface area (Å²) in [5, 5.41) is 0. The first-order valence-corrected chi connectivity index (χ1v) is 7.80. The average molecular weight is 216 g/mol. The lowest BCUT2D eigenvalue weighted by Gasteiger charge is -2.39. The minimum absolute atomic E-state index is 0.842. The van der Waals surface area contributed by atoms with Crippen LogP contribution in [0.5, 0.6) is 0 Å². The van der Waals surface area contributed by atoms with Crippen molar-refractivity contribution in [2.75, 3.05) is 26.2 Å². The Kier molecular flexibility index (Phi) is 7.50. The molecule has 0 heterocycles. The molecule has 2 nitrogen and oxygen atoms in total. The second kappa shape index (κ2) is 7.43. The molecule has 0 radical (unpaired) electrons. The molecular formula is C11H28N2Si. The van der Waals surface area contributed by atoms with Gasteiger partial charge in [0.2, 0.25) is 0 Å². The lowest BCUT2D eigenvalue weighted by atomic mass is 10.6. The van der Waals surface area contributed by atoms with Gasteiger partial charge in [-0.05, 0) is 31.7 Å². The zero-order valence-corrected chi connectivity index (χ0v) is 12.0. The molecule has 0 N–H and O–H groups in total. The molecule has 0 aromatic carbocycles. The molecule has 0 aliphatic rings. The minimum Gasteiger partial charge on any atom is -0.314 e. The van der Waals surface area contributed by atoms with Crippen LogP contribution >= 0.6 is 0 Å². The van der Waals surface area contributed by atoms with Crippen LogP contribution in [0.15, 0.2) is 0 Å². The molecule has 0 unspecified atom stereocenters. The molecule has 0 saturated carbocycles. The van der Waals surface area contributed by atoms with Crippen LogP contribution in [-0.4, -0.2) is 44.4 Å². The summed E-state index contributed by atoms with van der Waals surface area (Å²) in [4.78, 5) is 0. The summed E-state index contributed by atoms with van der Waals surface area (Å²) in [5.74, 6) is 0. The van der Waals surface area contributed by atoms with Gasteiger partial charge >= 0.3 is 0 Å². The summed E-state index contributed by atoms with van der Waals surface area (Å²) in [7, 11) is -0.870. The fourth-order valence-electron chi connectivity index (χ4n) is 2.27. The van der Waals surface area contributed by atoms with Gasteiger partial charge in [-0.15, -0.1) is 0 Å². The third-order valence-corrected chi connectivity index (χ3v) is 7.12. The number of hydrogen-bond acceptors (Lipinski definition) is 2. The van der Waals surface area contributed by atoms with Crippen molar-refractivity contribution in [2.24, 2.45) is 0 Å². The maximum Gasteiger partial charge on any atom is 0.192 e. The first kappa shape index (κ1) is 14.1. The minimum atomic E-state index is -0.870. The molecular weight excluding hydrogens is 188 g/mol. The zero-order chi connectivity index (χ0) is 11.1. The normalized spacial score (nSPS) is 12.4. The molecule has 0 spiro atoms. The summed E-state index contributed by atoms with van der Waals surface area (Å²) < 4.78 is 5.38. The number of hydrogen-bond donors (Lipinski definition) is 0. The molecule has 0 fully saturated rings. The topological polar surface area (TPSA) is 6.48 Å². The van der Waals surface area contributed by atoms with Gasteiger partial charge in [0, 0.05) is 0 Å². The van der Waals surface area contributed by atoms with Gasteiger partial charge in [0.1, 0.15) is 0 Å². The Balaban J connectivity index is 4.54. The second-order valence-corrected chi connectivity index (χ2v) is 7.72. The van der Waals surface area contributed by atoms with Crippen LogP contribution in [-0.2, 0) is 0 Å². The van der Waals surface area contributed by atoms with E-state index in [1.165, 1.54) is 26.2 Å². The van der Waals surface area contributed by atoms with Crippen LogP contribution in [0.25, 0.3) is 0 Å². The Morgan fingerprint density at radius 1 is 0.786 bits per heavy atom. The summed E-state index contributed by atoms with van der Waals surface area (Å²) in [6.45, 7) is 18.8. The highest BCUT2D eigenvalue weighted by atomic mass is 28.3. The van der Waals surface area contributed by atoms with Crippen molar-refractivity contribution >= 4 is 9.12 Å². The van der Waals surface area contributed by atoms with Crippen LogP contribution in [0.3, 0.4) is 0 Å². The molecule has 14 heavy (non-hydrogen) atoms. The van der Waals surface area contributed by atoms with Crippen molar-refractivity contribution in [1.82, 2.24) is 9.13 Å². The molecule has 3 heteroatoms. The monoisotopic (exact) mass is 216 g/mol. The first-order chi connectivity index (χ1) is 6.62. The van der Waals surface area contributed by atoms with Crippen LogP contribution in [0, 0.1) is 0 Å². The molecule has 0 aromatic heterocycles. The second-order valence-electron chi connectivity index (χ2n) is 4.10. The van der Waals surface area contributed by atoms with Crippen LogP contribution < -0.4 is 0 Å². The molecule has 0 rings (SSSR count). The van der Waals surface area contributed by atoms with E-state index in [0.29, 0.717) is 0 Å². The maximum atomic E-state index is 2.69. The molecule has 0 aliphatic carbocycles.